The lowest BCUT2D eigenvalue weighted by molar-refractivity contribution is -0.136. The zero-order chi connectivity index (χ0) is 12.1. The normalized spacial score (nSPS) is 25.8. The third kappa shape index (κ3) is 3.42. The van der Waals surface area contributed by atoms with Crippen LogP contribution < -0.4 is 5.32 Å². The zero-order valence-electron chi connectivity index (χ0n) is 10.0. The second-order valence-corrected chi connectivity index (χ2v) is 4.69. The van der Waals surface area contributed by atoms with Crippen molar-refractivity contribution in [1.82, 2.24) is 10.2 Å². The molecular weight excluding hydrogens is 218 g/mol. The van der Waals surface area contributed by atoms with Crippen LogP contribution in [-0.4, -0.2) is 49.2 Å². The number of nitrogens with zero attached hydrogens (tertiary/aromatic N) is 2. The minimum atomic E-state index is -0.459. The van der Waals surface area contributed by atoms with E-state index in [-0.39, 0.29) is 5.91 Å². The molecule has 0 aromatic rings. The molecule has 0 spiro atoms. The minimum absolute atomic E-state index is 0.0838. The lowest BCUT2D eigenvalue weighted by Gasteiger charge is -2.30. The van der Waals surface area contributed by atoms with Crippen molar-refractivity contribution in [3.63, 3.8) is 0 Å². The Morgan fingerprint density at radius 3 is 2.94 bits per heavy atom. The molecule has 1 unspecified atom stereocenters. The van der Waals surface area contributed by atoms with Crippen molar-refractivity contribution in [1.29, 1.82) is 5.26 Å². The van der Waals surface area contributed by atoms with E-state index in [1.807, 2.05) is 6.07 Å². The Kier molecular flexibility index (Phi) is 4.35. The number of carbonyl (C=O) groups is 1. The summed E-state index contributed by atoms with van der Waals surface area (Å²) < 4.78 is 5.21. The maximum atomic E-state index is 11.9. The number of amides is 1. The number of ether oxygens (including phenoxy) is 1. The smallest absolute Gasteiger partial charge is 0.236 e. The van der Waals surface area contributed by atoms with Crippen molar-refractivity contribution in [3.8, 4) is 6.07 Å². The van der Waals surface area contributed by atoms with Gasteiger partial charge in [0, 0.05) is 12.6 Å². The van der Waals surface area contributed by atoms with Crippen LogP contribution in [0.2, 0.25) is 0 Å². The van der Waals surface area contributed by atoms with Gasteiger partial charge in [-0.3, -0.25) is 4.79 Å². The summed E-state index contributed by atoms with van der Waals surface area (Å²) >= 11 is 0. The molecule has 0 aromatic heterocycles. The van der Waals surface area contributed by atoms with Crippen molar-refractivity contribution in [2.45, 2.75) is 37.8 Å². The van der Waals surface area contributed by atoms with E-state index in [1.54, 1.807) is 4.90 Å². The van der Waals surface area contributed by atoms with Gasteiger partial charge in [0.15, 0.2) is 6.10 Å². The van der Waals surface area contributed by atoms with Crippen molar-refractivity contribution in [2.24, 2.45) is 0 Å². The molecule has 0 radical (unpaired) electrons. The molecule has 1 amide bonds. The maximum absolute atomic E-state index is 11.9. The molecule has 94 valence electrons. The third-order valence-corrected chi connectivity index (χ3v) is 3.46. The second-order valence-electron chi connectivity index (χ2n) is 4.69. The predicted molar refractivity (Wildman–Crippen MR) is 62.2 cm³/mol. The number of hydrogen-bond donors (Lipinski definition) is 1. The Morgan fingerprint density at radius 1 is 1.47 bits per heavy atom. The molecule has 1 N–H and O–H groups in total. The second kappa shape index (κ2) is 5.99. The standard InChI is InChI=1S/C12H19N3O2/c13-7-11-9-15(5-6-17-11)12(16)8-14-10-3-1-2-4-10/h10-11,14H,1-6,8-9H2. The summed E-state index contributed by atoms with van der Waals surface area (Å²) in [5, 5.41) is 12.1. The van der Waals surface area contributed by atoms with Gasteiger partial charge in [0.1, 0.15) is 0 Å². The number of rotatable bonds is 3. The highest BCUT2D eigenvalue weighted by atomic mass is 16.5. The topological polar surface area (TPSA) is 65.4 Å². The van der Waals surface area contributed by atoms with Gasteiger partial charge in [-0.1, -0.05) is 12.8 Å². The minimum Gasteiger partial charge on any atom is -0.360 e. The van der Waals surface area contributed by atoms with Crippen molar-refractivity contribution in [3.05, 3.63) is 0 Å². The fourth-order valence-corrected chi connectivity index (χ4v) is 2.43. The van der Waals surface area contributed by atoms with Crippen LogP contribution in [0.1, 0.15) is 25.7 Å². The highest BCUT2D eigenvalue weighted by Gasteiger charge is 2.24. The molecule has 1 saturated heterocycles. The van der Waals surface area contributed by atoms with Crippen LogP contribution in [0.5, 0.6) is 0 Å². The summed E-state index contributed by atoms with van der Waals surface area (Å²) in [5.41, 5.74) is 0. The molecule has 1 aliphatic carbocycles. The average Bonchev–Trinajstić information content (AvgIpc) is 2.89. The van der Waals surface area contributed by atoms with Gasteiger partial charge in [-0.05, 0) is 12.8 Å². The van der Waals surface area contributed by atoms with E-state index in [0.29, 0.717) is 32.3 Å². The van der Waals surface area contributed by atoms with E-state index in [4.69, 9.17) is 10.00 Å². The molecule has 2 rings (SSSR count). The fourth-order valence-electron chi connectivity index (χ4n) is 2.43. The highest BCUT2D eigenvalue weighted by molar-refractivity contribution is 5.78. The van der Waals surface area contributed by atoms with E-state index in [9.17, 15) is 4.79 Å². The van der Waals surface area contributed by atoms with Crippen LogP contribution in [0, 0.1) is 11.3 Å². The summed E-state index contributed by atoms with van der Waals surface area (Å²) in [6.45, 7) is 1.86. The lowest BCUT2D eigenvalue weighted by atomic mass is 10.2. The first-order chi connectivity index (χ1) is 8.29. The Labute approximate surface area is 102 Å². The van der Waals surface area contributed by atoms with Crippen molar-refractivity contribution in [2.75, 3.05) is 26.2 Å². The Bertz CT molecular complexity index is 307. The summed E-state index contributed by atoms with van der Waals surface area (Å²) in [6.07, 6.45) is 4.42. The molecule has 1 heterocycles. The van der Waals surface area contributed by atoms with Gasteiger partial charge in [-0.2, -0.15) is 5.26 Å². The SMILES string of the molecule is N#CC1CN(C(=O)CNC2CCCC2)CCO1. The van der Waals surface area contributed by atoms with Gasteiger partial charge >= 0.3 is 0 Å². The van der Waals surface area contributed by atoms with Gasteiger partial charge in [0.05, 0.1) is 25.8 Å². The molecule has 0 aromatic carbocycles. The molecule has 1 atom stereocenters. The number of nitriles is 1. The average molecular weight is 237 g/mol. The largest absolute Gasteiger partial charge is 0.360 e. The predicted octanol–water partition coefficient (Wildman–Crippen LogP) is 0.270. The molecule has 5 nitrogen and oxygen atoms in total. The maximum Gasteiger partial charge on any atom is 0.236 e. The molecule has 0 bridgehead atoms. The summed E-state index contributed by atoms with van der Waals surface area (Å²) in [7, 11) is 0. The summed E-state index contributed by atoms with van der Waals surface area (Å²) in [6, 6.07) is 2.56. The van der Waals surface area contributed by atoms with Gasteiger partial charge in [0.2, 0.25) is 5.91 Å². The van der Waals surface area contributed by atoms with Crippen LogP contribution in [0.15, 0.2) is 0 Å². The highest BCUT2D eigenvalue weighted by Crippen LogP contribution is 2.17. The molecule has 17 heavy (non-hydrogen) atoms. The first-order valence-electron chi connectivity index (χ1n) is 6.32. The van der Waals surface area contributed by atoms with E-state index >= 15 is 0 Å². The van der Waals surface area contributed by atoms with E-state index in [1.165, 1.54) is 25.7 Å². The van der Waals surface area contributed by atoms with Gasteiger partial charge in [-0.25, -0.2) is 0 Å². The lowest BCUT2D eigenvalue weighted by Crippen LogP contribution is -2.48. The van der Waals surface area contributed by atoms with Crippen LogP contribution in [0.3, 0.4) is 0 Å². The number of morpholine rings is 1. The van der Waals surface area contributed by atoms with Gasteiger partial charge in [0.25, 0.3) is 0 Å². The van der Waals surface area contributed by atoms with Crippen LogP contribution in [0.25, 0.3) is 0 Å². The van der Waals surface area contributed by atoms with Crippen molar-refractivity contribution >= 4 is 5.91 Å². The first kappa shape index (κ1) is 12.3. The van der Waals surface area contributed by atoms with Gasteiger partial charge < -0.3 is 15.0 Å². The van der Waals surface area contributed by atoms with Crippen LogP contribution in [0.4, 0.5) is 0 Å². The van der Waals surface area contributed by atoms with Crippen molar-refractivity contribution < 1.29 is 9.53 Å². The summed E-state index contributed by atoms with van der Waals surface area (Å²) in [5.74, 6) is 0.0838. The van der Waals surface area contributed by atoms with Crippen LogP contribution >= 0.6 is 0 Å². The van der Waals surface area contributed by atoms with Crippen LogP contribution in [-0.2, 0) is 9.53 Å². The molecular formula is C12H19N3O2. The monoisotopic (exact) mass is 237 g/mol. The molecule has 5 heteroatoms. The quantitative estimate of drug-likeness (QED) is 0.765. The number of carbonyl (C=O) groups excluding carboxylic acids is 1. The Hall–Kier alpha value is -1.12. The fraction of sp³-hybridized carbons (Fsp3) is 0.833. The molecule has 2 aliphatic rings. The third-order valence-electron chi connectivity index (χ3n) is 3.46. The zero-order valence-corrected chi connectivity index (χ0v) is 10.0. The Morgan fingerprint density at radius 2 is 2.24 bits per heavy atom. The van der Waals surface area contributed by atoms with E-state index in [2.05, 4.69) is 5.32 Å². The number of hydrogen-bond acceptors (Lipinski definition) is 4. The molecule has 1 aliphatic heterocycles. The Balaban J connectivity index is 1.73. The number of nitrogens with one attached hydrogen (secondary N) is 1. The van der Waals surface area contributed by atoms with E-state index in [0.717, 1.165) is 0 Å². The molecule has 2 fully saturated rings. The first-order valence-corrected chi connectivity index (χ1v) is 6.32. The summed E-state index contributed by atoms with van der Waals surface area (Å²) in [4.78, 5) is 13.6. The molecule has 1 saturated carbocycles. The van der Waals surface area contributed by atoms with Gasteiger partial charge in [-0.15, -0.1) is 0 Å². The van der Waals surface area contributed by atoms with E-state index < -0.39 is 6.10 Å².